The van der Waals surface area contributed by atoms with Crippen LogP contribution < -0.4 is 10.6 Å². The molecule has 2 rings (SSSR count). The smallest absolute Gasteiger partial charge is 0.441 e. The molecule has 1 aromatic heterocycles. The number of carbonyl (C=O) groups excluding carboxylic acids is 2. The van der Waals surface area contributed by atoms with Crippen LogP contribution in [0.1, 0.15) is 15.9 Å². The highest BCUT2D eigenvalue weighted by molar-refractivity contribution is 5.99. The van der Waals surface area contributed by atoms with Gasteiger partial charge in [0.15, 0.2) is 0 Å². The maximum Gasteiger partial charge on any atom is 0.441 e. The lowest BCUT2D eigenvalue weighted by Gasteiger charge is -2.34. The van der Waals surface area contributed by atoms with Gasteiger partial charge in [0, 0.05) is 11.8 Å². The van der Waals surface area contributed by atoms with Gasteiger partial charge < -0.3 is 15.4 Å². The molecular formula is C17H16F3N3O3. The fourth-order valence-corrected chi connectivity index (χ4v) is 2.20. The number of carbonyl (C=O) groups is 2. The van der Waals surface area contributed by atoms with Gasteiger partial charge in [-0.05, 0) is 31.2 Å². The zero-order chi connectivity index (χ0) is 19.4. The van der Waals surface area contributed by atoms with Gasteiger partial charge in [0.05, 0.1) is 7.11 Å². The maximum absolute atomic E-state index is 13.8. The van der Waals surface area contributed by atoms with Crippen LogP contribution in [0, 0.1) is 6.92 Å². The maximum atomic E-state index is 13.8. The van der Waals surface area contributed by atoms with E-state index in [1.165, 1.54) is 42.6 Å². The molecule has 0 bridgehead atoms. The second-order valence-corrected chi connectivity index (χ2v) is 5.40. The number of esters is 1. The van der Waals surface area contributed by atoms with Crippen molar-refractivity contribution in [3.63, 3.8) is 0 Å². The Morgan fingerprint density at radius 3 is 2.38 bits per heavy atom. The van der Waals surface area contributed by atoms with Crippen LogP contribution in [0.3, 0.4) is 0 Å². The fraction of sp³-hybridized carbons (Fsp3) is 0.235. The molecule has 2 aromatic rings. The van der Waals surface area contributed by atoms with Gasteiger partial charge in [-0.1, -0.05) is 23.8 Å². The third-order valence-corrected chi connectivity index (χ3v) is 3.48. The van der Waals surface area contributed by atoms with E-state index in [1.807, 2.05) is 5.32 Å². The van der Waals surface area contributed by atoms with E-state index < -0.39 is 23.7 Å². The third kappa shape index (κ3) is 3.93. The van der Waals surface area contributed by atoms with Crippen molar-refractivity contribution in [1.82, 2.24) is 10.3 Å². The Kier molecular flexibility index (Phi) is 5.49. The van der Waals surface area contributed by atoms with Crippen LogP contribution in [-0.4, -0.2) is 35.8 Å². The molecular weight excluding hydrogens is 351 g/mol. The van der Waals surface area contributed by atoms with Crippen LogP contribution in [0.2, 0.25) is 0 Å². The van der Waals surface area contributed by atoms with Gasteiger partial charge in [-0.3, -0.25) is 4.79 Å². The second-order valence-electron chi connectivity index (χ2n) is 5.40. The van der Waals surface area contributed by atoms with E-state index in [4.69, 9.17) is 0 Å². The van der Waals surface area contributed by atoms with Crippen LogP contribution in [-0.2, 0) is 9.53 Å². The molecule has 1 aromatic carbocycles. The molecule has 26 heavy (non-hydrogen) atoms. The molecule has 0 spiro atoms. The van der Waals surface area contributed by atoms with Crippen molar-refractivity contribution in [2.45, 2.75) is 18.8 Å². The summed E-state index contributed by atoms with van der Waals surface area (Å²) in [6, 6.07) is 10.1. The number of aromatic nitrogens is 1. The highest BCUT2D eigenvalue weighted by Gasteiger charge is 2.63. The summed E-state index contributed by atoms with van der Waals surface area (Å²) in [5, 5.41) is 3.68. The molecule has 2 N–H and O–H groups in total. The lowest BCUT2D eigenvalue weighted by molar-refractivity contribution is -0.203. The number of methoxy groups -OCH3 is 1. The van der Waals surface area contributed by atoms with E-state index in [0.29, 0.717) is 5.56 Å². The van der Waals surface area contributed by atoms with Gasteiger partial charge in [-0.2, -0.15) is 13.2 Å². The van der Waals surface area contributed by atoms with Gasteiger partial charge >= 0.3 is 17.8 Å². The van der Waals surface area contributed by atoms with E-state index in [0.717, 1.165) is 7.11 Å². The first-order valence-corrected chi connectivity index (χ1v) is 7.43. The number of nitrogens with one attached hydrogen (secondary N) is 2. The molecule has 1 atom stereocenters. The largest absolute Gasteiger partial charge is 0.466 e. The minimum absolute atomic E-state index is 0.0367. The molecule has 0 aliphatic carbocycles. The van der Waals surface area contributed by atoms with Crippen LogP contribution in [0.25, 0.3) is 0 Å². The first-order chi connectivity index (χ1) is 12.2. The number of aryl methyl sites for hydroxylation is 1. The molecule has 0 aliphatic heterocycles. The van der Waals surface area contributed by atoms with Crippen molar-refractivity contribution in [3.05, 3.63) is 59.8 Å². The van der Waals surface area contributed by atoms with E-state index in [2.05, 4.69) is 9.72 Å². The number of nitrogens with zero attached hydrogens (tertiary/aromatic N) is 1. The monoisotopic (exact) mass is 367 g/mol. The quantitative estimate of drug-likeness (QED) is 0.627. The SMILES string of the molecule is COC(=O)[C@](NC(=O)c1cccc(C)c1)(Nc1ccccn1)C(F)(F)F. The van der Waals surface area contributed by atoms with Gasteiger partial charge in [-0.25, -0.2) is 9.78 Å². The standard InChI is InChI=1S/C17H16F3N3O3/c1-11-6-5-7-12(10-11)14(24)23-16(15(25)26-2,17(18,19)20)22-13-8-3-4-9-21-13/h3-10H,1-2H3,(H,21,22)(H,23,24)/t16-/m1/s1. The molecule has 0 saturated carbocycles. The second kappa shape index (κ2) is 7.42. The Morgan fingerprint density at radius 2 is 1.85 bits per heavy atom. The molecule has 0 fully saturated rings. The van der Waals surface area contributed by atoms with Gasteiger partial charge in [0.2, 0.25) is 0 Å². The molecule has 0 unspecified atom stereocenters. The molecule has 0 saturated heterocycles. The lowest BCUT2D eigenvalue weighted by atomic mass is 10.1. The number of halogens is 3. The molecule has 6 nitrogen and oxygen atoms in total. The van der Waals surface area contributed by atoms with Crippen LogP contribution in [0.4, 0.5) is 19.0 Å². The number of amides is 1. The normalized spacial score (nSPS) is 13.4. The Balaban J connectivity index is 2.48. The summed E-state index contributed by atoms with van der Waals surface area (Å²) in [7, 11) is 0.793. The highest BCUT2D eigenvalue weighted by Crippen LogP contribution is 2.33. The molecule has 1 heterocycles. The summed E-state index contributed by atoms with van der Waals surface area (Å²) >= 11 is 0. The van der Waals surface area contributed by atoms with Crippen molar-refractivity contribution in [2.24, 2.45) is 0 Å². The summed E-state index contributed by atoms with van der Waals surface area (Å²) in [6.45, 7) is 1.68. The number of benzene rings is 1. The summed E-state index contributed by atoms with van der Waals surface area (Å²) in [5.74, 6) is -3.09. The van der Waals surface area contributed by atoms with Crippen molar-refractivity contribution in [3.8, 4) is 0 Å². The summed E-state index contributed by atoms with van der Waals surface area (Å²) in [4.78, 5) is 28.2. The first-order valence-electron chi connectivity index (χ1n) is 7.43. The minimum Gasteiger partial charge on any atom is -0.466 e. The molecule has 0 radical (unpaired) electrons. The molecule has 138 valence electrons. The Morgan fingerprint density at radius 1 is 1.12 bits per heavy atom. The lowest BCUT2D eigenvalue weighted by Crippen LogP contribution is -2.69. The number of pyridine rings is 1. The van der Waals surface area contributed by atoms with Gasteiger partial charge in [0.1, 0.15) is 5.82 Å². The number of anilines is 1. The zero-order valence-electron chi connectivity index (χ0n) is 13.9. The fourth-order valence-electron chi connectivity index (χ4n) is 2.20. The van der Waals surface area contributed by atoms with E-state index in [9.17, 15) is 22.8 Å². The van der Waals surface area contributed by atoms with Crippen LogP contribution >= 0.6 is 0 Å². The highest BCUT2D eigenvalue weighted by atomic mass is 19.4. The van der Waals surface area contributed by atoms with Crippen LogP contribution in [0.5, 0.6) is 0 Å². The topological polar surface area (TPSA) is 80.3 Å². The van der Waals surface area contributed by atoms with Gasteiger partial charge in [-0.15, -0.1) is 0 Å². The number of alkyl halides is 3. The Bertz CT molecular complexity index is 797. The first kappa shape index (κ1) is 19.2. The Labute approximate surface area is 147 Å². The molecule has 9 heteroatoms. The van der Waals surface area contributed by atoms with E-state index >= 15 is 0 Å². The predicted molar refractivity (Wildman–Crippen MR) is 87.3 cm³/mol. The van der Waals surface area contributed by atoms with Crippen molar-refractivity contribution < 1.29 is 27.5 Å². The number of hydrogen-bond acceptors (Lipinski definition) is 5. The molecule has 1 amide bonds. The average molecular weight is 367 g/mol. The molecule has 0 aliphatic rings. The minimum atomic E-state index is -5.21. The Hall–Kier alpha value is -3.10. The van der Waals surface area contributed by atoms with Crippen molar-refractivity contribution in [2.75, 3.05) is 12.4 Å². The summed E-state index contributed by atoms with van der Waals surface area (Å²) in [5.41, 5.74) is -2.87. The van der Waals surface area contributed by atoms with Gasteiger partial charge in [0.25, 0.3) is 5.91 Å². The third-order valence-electron chi connectivity index (χ3n) is 3.48. The van der Waals surface area contributed by atoms with Crippen molar-refractivity contribution >= 4 is 17.7 Å². The van der Waals surface area contributed by atoms with Crippen LogP contribution in [0.15, 0.2) is 48.7 Å². The predicted octanol–water partition coefficient (Wildman–Crippen LogP) is 2.66. The number of hydrogen-bond donors (Lipinski definition) is 2. The number of rotatable bonds is 5. The van der Waals surface area contributed by atoms with E-state index in [1.54, 1.807) is 18.3 Å². The summed E-state index contributed by atoms with van der Waals surface area (Å²) < 4.78 is 45.9. The van der Waals surface area contributed by atoms with E-state index in [-0.39, 0.29) is 11.4 Å². The average Bonchev–Trinajstić information content (AvgIpc) is 2.60. The summed E-state index contributed by atoms with van der Waals surface area (Å²) in [6.07, 6.45) is -3.97. The van der Waals surface area contributed by atoms with Crippen molar-refractivity contribution in [1.29, 1.82) is 0 Å². The number of ether oxygens (including phenoxy) is 1. The zero-order valence-corrected chi connectivity index (χ0v) is 13.9.